The van der Waals surface area contributed by atoms with Crippen LogP contribution in [-0.4, -0.2) is 22.8 Å². The van der Waals surface area contributed by atoms with Crippen molar-refractivity contribution in [3.63, 3.8) is 0 Å². The Morgan fingerprint density at radius 3 is 2.64 bits per heavy atom. The third kappa shape index (κ3) is 1.38. The topological polar surface area (TPSA) is 54.4 Å². The maximum absolute atomic E-state index is 11.0. The number of carbonyl (C=O) groups is 2. The number of aliphatic hydroxyl groups is 1. The molecule has 1 fully saturated rings. The average molecular weight is 154 g/mol. The smallest absolute Gasteiger partial charge is 0.226 e. The van der Waals surface area contributed by atoms with Crippen molar-refractivity contribution in [3.8, 4) is 0 Å². The Hall–Kier alpha value is -0.960. The number of hydrogen-bond acceptors (Lipinski definition) is 3. The highest BCUT2D eigenvalue weighted by molar-refractivity contribution is 6.44. The highest BCUT2D eigenvalue weighted by atomic mass is 16.3. The Kier molecular flexibility index (Phi) is 2.19. The van der Waals surface area contributed by atoms with E-state index in [4.69, 9.17) is 0 Å². The minimum Gasteiger partial charge on any atom is -0.388 e. The van der Waals surface area contributed by atoms with Crippen LogP contribution in [-0.2, 0) is 9.59 Å². The van der Waals surface area contributed by atoms with E-state index in [0.29, 0.717) is 6.42 Å². The number of rotatable bonds is 0. The second-order valence-electron chi connectivity index (χ2n) is 2.55. The predicted molar refractivity (Wildman–Crippen MR) is 39.0 cm³/mol. The molecule has 0 radical (unpaired) electrons. The maximum atomic E-state index is 11.0. The quantitative estimate of drug-likeness (QED) is 0.401. The number of carbonyl (C=O) groups excluding carboxylic acids is 2. The SMILES string of the molecule is C/C=C1/C(=O)C(=O)CCC1O. The summed E-state index contributed by atoms with van der Waals surface area (Å²) in [5, 5.41) is 9.22. The van der Waals surface area contributed by atoms with Gasteiger partial charge in [-0.15, -0.1) is 0 Å². The molecule has 1 unspecified atom stereocenters. The molecule has 0 bridgehead atoms. The van der Waals surface area contributed by atoms with E-state index < -0.39 is 11.9 Å². The highest BCUT2D eigenvalue weighted by Gasteiger charge is 2.29. The van der Waals surface area contributed by atoms with Gasteiger partial charge in [-0.2, -0.15) is 0 Å². The van der Waals surface area contributed by atoms with Crippen LogP contribution in [0.4, 0.5) is 0 Å². The van der Waals surface area contributed by atoms with E-state index >= 15 is 0 Å². The molecule has 0 aromatic heterocycles. The van der Waals surface area contributed by atoms with E-state index in [1.807, 2.05) is 0 Å². The summed E-state index contributed by atoms with van der Waals surface area (Å²) in [6.07, 6.45) is 1.33. The maximum Gasteiger partial charge on any atom is 0.226 e. The summed E-state index contributed by atoms with van der Waals surface area (Å²) in [6.45, 7) is 1.65. The largest absolute Gasteiger partial charge is 0.388 e. The van der Waals surface area contributed by atoms with Gasteiger partial charge in [0, 0.05) is 12.0 Å². The molecule has 1 aliphatic carbocycles. The molecule has 3 heteroatoms. The van der Waals surface area contributed by atoms with Gasteiger partial charge in [0.25, 0.3) is 0 Å². The van der Waals surface area contributed by atoms with Crippen LogP contribution >= 0.6 is 0 Å². The summed E-state index contributed by atoms with van der Waals surface area (Å²) < 4.78 is 0. The van der Waals surface area contributed by atoms with Crippen LogP contribution < -0.4 is 0 Å². The molecule has 0 saturated heterocycles. The second-order valence-corrected chi connectivity index (χ2v) is 2.55. The summed E-state index contributed by atoms with van der Waals surface area (Å²) >= 11 is 0. The molecule has 0 spiro atoms. The molecular formula is C8H10O3. The van der Waals surface area contributed by atoms with Gasteiger partial charge in [0.05, 0.1) is 6.10 Å². The van der Waals surface area contributed by atoms with Gasteiger partial charge in [-0.25, -0.2) is 0 Å². The number of allylic oxidation sites excluding steroid dienone is 1. The van der Waals surface area contributed by atoms with Crippen molar-refractivity contribution in [2.24, 2.45) is 0 Å². The lowest BCUT2D eigenvalue weighted by Crippen LogP contribution is -2.30. The van der Waals surface area contributed by atoms with Crippen molar-refractivity contribution in [2.45, 2.75) is 25.9 Å². The summed E-state index contributed by atoms with van der Waals surface area (Å²) in [7, 11) is 0. The van der Waals surface area contributed by atoms with E-state index in [0.717, 1.165) is 0 Å². The first-order chi connectivity index (χ1) is 5.16. The van der Waals surface area contributed by atoms with Crippen molar-refractivity contribution < 1.29 is 14.7 Å². The molecule has 11 heavy (non-hydrogen) atoms. The van der Waals surface area contributed by atoms with Crippen molar-refractivity contribution in [1.82, 2.24) is 0 Å². The van der Waals surface area contributed by atoms with Gasteiger partial charge in [0.15, 0.2) is 0 Å². The fourth-order valence-corrected chi connectivity index (χ4v) is 1.17. The van der Waals surface area contributed by atoms with E-state index in [-0.39, 0.29) is 17.8 Å². The van der Waals surface area contributed by atoms with Gasteiger partial charge in [-0.1, -0.05) is 6.08 Å². The zero-order chi connectivity index (χ0) is 8.43. The molecule has 0 aliphatic heterocycles. The van der Waals surface area contributed by atoms with Crippen molar-refractivity contribution in [3.05, 3.63) is 11.6 Å². The monoisotopic (exact) mass is 154 g/mol. The lowest BCUT2D eigenvalue weighted by Gasteiger charge is -2.17. The minimum absolute atomic E-state index is 0.178. The Morgan fingerprint density at radius 1 is 1.55 bits per heavy atom. The second kappa shape index (κ2) is 2.96. The van der Waals surface area contributed by atoms with Crippen molar-refractivity contribution >= 4 is 11.6 Å². The Labute approximate surface area is 64.7 Å². The van der Waals surface area contributed by atoms with Crippen LogP contribution in [0.1, 0.15) is 19.8 Å². The molecule has 1 atom stereocenters. The first-order valence-corrected chi connectivity index (χ1v) is 3.58. The number of ketones is 2. The molecule has 60 valence electrons. The molecular weight excluding hydrogens is 144 g/mol. The van der Waals surface area contributed by atoms with E-state index in [2.05, 4.69) is 0 Å². The molecule has 0 aromatic carbocycles. The normalized spacial score (nSPS) is 29.6. The average Bonchev–Trinajstić information content (AvgIpc) is 1.99. The van der Waals surface area contributed by atoms with Gasteiger partial charge in [-0.3, -0.25) is 9.59 Å². The van der Waals surface area contributed by atoms with Crippen LogP contribution in [0.2, 0.25) is 0 Å². The number of aliphatic hydroxyl groups excluding tert-OH is 1. The summed E-state index contributed by atoms with van der Waals surface area (Å²) in [6, 6.07) is 0. The first kappa shape index (κ1) is 8.14. The van der Waals surface area contributed by atoms with E-state index in [1.165, 1.54) is 6.08 Å². The molecule has 0 aromatic rings. The zero-order valence-electron chi connectivity index (χ0n) is 6.33. The first-order valence-electron chi connectivity index (χ1n) is 3.58. The van der Waals surface area contributed by atoms with Crippen LogP contribution in [0, 0.1) is 0 Å². The van der Waals surface area contributed by atoms with Crippen molar-refractivity contribution in [2.75, 3.05) is 0 Å². The minimum atomic E-state index is -0.731. The van der Waals surface area contributed by atoms with E-state index in [9.17, 15) is 14.7 Å². The summed E-state index contributed by atoms with van der Waals surface area (Å²) in [5.41, 5.74) is 0.251. The molecule has 0 heterocycles. The number of hydrogen-bond donors (Lipinski definition) is 1. The van der Waals surface area contributed by atoms with Gasteiger partial charge in [0.1, 0.15) is 0 Å². The van der Waals surface area contributed by atoms with Crippen LogP contribution in [0.3, 0.4) is 0 Å². The third-order valence-electron chi connectivity index (χ3n) is 1.83. The Morgan fingerprint density at radius 2 is 2.18 bits per heavy atom. The molecule has 1 saturated carbocycles. The Bertz CT molecular complexity index is 227. The van der Waals surface area contributed by atoms with Crippen LogP contribution in [0.15, 0.2) is 11.6 Å². The lowest BCUT2D eigenvalue weighted by atomic mass is 9.90. The lowest BCUT2D eigenvalue weighted by molar-refractivity contribution is -0.136. The summed E-state index contributed by atoms with van der Waals surface area (Å²) in [5.74, 6) is -0.908. The molecule has 1 N–H and O–H groups in total. The number of Topliss-reactive ketones (excluding diaryl/α,β-unsaturated/α-hetero) is 2. The van der Waals surface area contributed by atoms with Gasteiger partial charge in [0.2, 0.25) is 11.6 Å². The molecule has 1 rings (SSSR count). The Balaban J connectivity index is 2.89. The fourth-order valence-electron chi connectivity index (χ4n) is 1.17. The third-order valence-corrected chi connectivity index (χ3v) is 1.83. The van der Waals surface area contributed by atoms with Crippen molar-refractivity contribution in [1.29, 1.82) is 0 Å². The fraction of sp³-hybridized carbons (Fsp3) is 0.500. The zero-order valence-corrected chi connectivity index (χ0v) is 6.33. The van der Waals surface area contributed by atoms with Gasteiger partial charge < -0.3 is 5.11 Å². The predicted octanol–water partition coefficient (Wildman–Crippen LogP) is 0.226. The molecule has 1 aliphatic rings. The summed E-state index contributed by atoms with van der Waals surface area (Å²) in [4.78, 5) is 21.8. The van der Waals surface area contributed by atoms with Crippen LogP contribution in [0.5, 0.6) is 0 Å². The van der Waals surface area contributed by atoms with Crippen LogP contribution in [0.25, 0.3) is 0 Å². The van der Waals surface area contributed by atoms with E-state index in [1.54, 1.807) is 6.92 Å². The van der Waals surface area contributed by atoms with Gasteiger partial charge >= 0.3 is 0 Å². The standard InChI is InChI=1S/C8H10O3/c1-2-5-6(9)3-4-7(10)8(5)11/h2,6,9H,3-4H2,1H3/b5-2+. The highest BCUT2D eigenvalue weighted by Crippen LogP contribution is 2.17. The molecule has 0 amide bonds. The molecule has 3 nitrogen and oxygen atoms in total. The van der Waals surface area contributed by atoms with Gasteiger partial charge in [-0.05, 0) is 13.3 Å².